The van der Waals surface area contributed by atoms with Crippen LogP contribution in [0, 0.1) is 0 Å². The van der Waals surface area contributed by atoms with Gasteiger partial charge in [0.15, 0.2) is 0 Å². The minimum Gasteiger partial charge on any atom is -0.466 e. The van der Waals surface area contributed by atoms with Crippen LogP contribution in [0.3, 0.4) is 0 Å². The minimum atomic E-state index is -0.0993. The average Bonchev–Trinajstić information content (AvgIpc) is 3.22. The normalized spacial score (nSPS) is 18.5. The summed E-state index contributed by atoms with van der Waals surface area (Å²) in [5, 5.41) is 0.968. The van der Waals surface area contributed by atoms with E-state index >= 15 is 0 Å². The average molecular weight is 451 g/mol. The van der Waals surface area contributed by atoms with Crippen LogP contribution in [-0.4, -0.2) is 41.3 Å². The fourth-order valence-corrected chi connectivity index (χ4v) is 6.03. The number of anilines is 1. The fraction of sp³-hybridized carbons (Fsp3) is 0.476. The summed E-state index contributed by atoms with van der Waals surface area (Å²) in [4.78, 5) is 29.0. The predicted octanol–water partition coefficient (Wildman–Crippen LogP) is 5.16. The van der Waals surface area contributed by atoms with E-state index in [-0.39, 0.29) is 19.1 Å². The summed E-state index contributed by atoms with van der Waals surface area (Å²) in [5.41, 5.74) is 1.16. The van der Waals surface area contributed by atoms with Crippen molar-refractivity contribution < 1.29 is 14.3 Å². The van der Waals surface area contributed by atoms with Crippen LogP contribution in [0.15, 0.2) is 39.1 Å². The number of para-hydroxylation sites is 1. The number of amides is 1. The molecule has 8 heteroatoms. The zero-order valence-corrected chi connectivity index (χ0v) is 19.0. The Kier molecular flexibility index (Phi) is 8.44. The van der Waals surface area contributed by atoms with E-state index in [0.717, 1.165) is 23.7 Å². The molecular formula is C21H26N2O3S3. The van der Waals surface area contributed by atoms with Crippen LogP contribution in [0.1, 0.15) is 45.4 Å². The number of ether oxygens (including phenoxy) is 1. The number of thioether (sulfide) groups is 2. The van der Waals surface area contributed by atoms with Crippen molar-refractivity contribution in [2.45, 2.75) is 50.3 Å². The molecule has 1 fully saturated rings. The molecule has 1 aromatic carbocycles. The van der Waals surface area contributed by atoms with E-state index in [1.807, 2.05) is 12.1 Å². The summed E-state index contributed by atoms with van der Waals surface area (Å²) in [7, 11) is 0. The number of hydrogen-bond acceptors (Lipinski definition) is 7. The van der Waals surface area contributed by atoms with Crippen molar-refractivity contribution in [3.8, 4) is 0 Å². The molecular weight excluding hydrogens is 424 g/mol. The van der Waals surface area contributed by atoms with Crippen LogP contribution in [0.25, 0.3) is 0 Å². The van der Waals surface area contributed by atoms with Crippen molar-refractivity contribution in [3.05, 3.63) is 34.2 Å². The maximum atomic E-state index is 13.0. The Morgan fingerprint density at radius 1 is 1.03 bits per heavy atom. The van der Waals surface area contributed by atoms with Gasteiger partial charge < -0.3 is 9.64 Å². The Morgan fingerprint density at radius 2 is 1.79 bits per heavy atom. The third kappa shape index (κ3) is 5.35. The van der Waals surface area contributed by atoms with E-state index in [1.165, 1.54) is 53.7 Å². The molecule has 0 bridgehead atoms. The first kappa shape index (κ1) is 22.2. The van der Waals surface area contributed by atoms with E-state index in [0.29, 0.717) is 15.7 Å². The quantitative estimate of drug-likeness (QED) is 0.200. The maximum Gasteiger partial charge on any atom is 0.293 e. The standard InChI is InChI=1S/C21H26N2O3S3/c1-2-3-4-5-6-9-12-22-16-10-7-8-11-17(16)28-20(22)18-19(25)23(21(27)29-18)13-14-26-15-24/h7-8,10-11,15H,2-6,9,12-14H2,1H3/b20-18+. The Morgan fingerprint density at radius 3 is 2.59 bits per heavy atom. The summed E-state index contributed by atoms with van der Waals surface area (Å²) in [6.07, 6.45) is 7.38. The molecule has 0 spiro atoms. The Labute approximate surface area is 186 Å². The van der Waals surface area contributed by atoms with Gasteiger partial charge in [-0.2, -0.15) is 0 Å². The maximum absolute atomic E-state index is 13.0. The van der Waals surface area contributed by atoms with Crippen LogP contribution in [-0.2, 0) is 14.3 Å². The Hall–Kier alpha value is -1.51. The first-order chi connectivity index (χ1) is 14.2. The van der Waals surface area contributed by atoms with Gasteiger partial charge in [-0.05, 0) is 18.6 Å². The zero-order chi connectivity index (χ0) is 20.6. The second kappa shape index (κ2) is 11.0. The van der Waals surface area contributed by atoms with Crippen LogP contribution in [0.2, 0.25) is 0 Å². The van der Waals surface area contributed by atoms with E-state index in [4.69, 9.17) is 17.0 Å². The molecule has 0 saturated carbocycles. The highest BCUT2D eigenvalue weighted by atomic mass is 32.2. The first-order valence-corrected chi connectivity index (χ1v) is 12.1. The molecule has 0 radical (unpaired) electrons. The lowest BCUT2D eigenvalue weighted by molar-refractivity contribution is -0.130. The van der Waals surface area contributed by atoms with Gasteiger partial charge in [0.2, 0.25) is 0 Å². The molecule has 2 heterocycles. The smallest absolute Gasteiger partial charge is 0.293 e. The van der Waals surface area contributed by atoms with Gasteiger partial charge in [0.1, 0.15) is 20.9 Å². The van der Waals surface area contributed by atoms with Crippen molar-refractivity contribution in [2.24, 2.45) is 0 Å². The first-order valence-electron chi connectivity index (χ1n) is 10.0. The number of unbranched alkanes of at least 4 members (excludes halogenated alkanes) is 5. The van der Waals surface area contributed by atoms with Gasteiger partial charge >= 0.3 is 0 Å². The van der Waals surface area contributed by atoms with Crippen LogP contribution in [0.5, 0.6) is 0 Å². The minimum absolute atomic E-state index is 0.0993. The topological polar surface area (TPSA) is 49.9 Å². The van der Waals surface area contributed by atoms with Crippen LogP contribution >= 0.6 is 35.7 Å². The third-order valence-corrected chi connectivity index (χ3v) is 7.64. The van der Waals surface area contributed by atoms with Crippen molar-refractivity contribution >= 4 is 58.1 Å². The molecule has 3 rings (SSSR count). The van der Waals surface area contributed by atoms with Gasteiger partial charge in [-0.3, -0.25) is 14.5 Å². The summed E-state index contributed by atoms with van der Waals surface area (Å²) in [5.74, 6) is -0.0993. The van der Waals surface area contributed by atoms with Gasteiger partial charge in [-0.25, -0.2) is 0 Å². The Balaban J connectivity index is 1.74. The highest BCUT2D eigenvalue weighted by Gasteiger charge is 2.38. The molecule has 29 heavy (non-hydrogen) atoms. The lowest BCUT2D eigenvalue weighted by Crippen LogP contribution is -2.32. The highest BCUT2D eigenvalue weighted by molar-refractivity contribution is 8.27. The van der Waals surface area contributed by atoms with E-state index in [9.17, 15) is 9.59 Å². The zero-order valence-electron chi connectivity index (χ0n) is 16.6. The van der Waals surface area contributed by atoms with Crippen molar-refractivity contribution in [2.75, 3.05) is 24.6 Å². The number of carbonyl (C=O) groups is 2. The molecule has 0 aromatic heterocycles. The second-order valence-electron chi connectivity index (χ2n) is 6.92. The van der Waals surface area contributed by atoms with E-state index in [1.54, 1.807) is 11.8 Å². The molecule has 0 unspecified atom stereocenters. The second-order valence-corrected chi connectivity index (χ2v) is 9.59. The molecule has 2 aliphatic heterocycles. The molecule has 0 atom stereocenters. The number of rotatable bonds is 11. The SMILES string of the molecule is CCCCCCCCN1/C(=C2\SC(=S)N(CCOC=O)C2=O)Sc2ccccc21. The van der Waals surface area contributed by atoms with Crippen molar-refractivity contribution in [1.82, 2.24) is 4.90 Å². The molecule has 2 aliphatic rings. The Bertz CT molecular complexity index is 797. The number of nitrogens with zero attached hydrogens (tertiary/aromatic N) is 2. The molecule has 1 aromatic rings. The van der Waals surface area contributed by atoms with Crippen LogP contribution in [0.4, 0.5) is 5.69 Å². The number of thiocarbonyl (C=S) groups is 1. The van der Waals surface area contributed by atoms with Gasteiger partial charge in [-0.15, -0.1) is 0 Å². The molecule has 156 valence electrons. The fourth-order valence-electron chi connectivity index (χ4n) is 3.39. The van der Waals surface area contributed by atoms with E-state index in [2.05, 4.69) is 24.0 Å². The third-order valence-electron chi connectivity index (χ3n) is 4.89. The number of benzene rings is 1. The molecule has 0 aliphatic carbocycles. The molecule has 0 N–H and O–H groups in total. The van der Waals surface area contributed by atoms with Gasteiger partial charge in [0.25, 0.3) is 12.4 Å². The lowest BCUT2D eigenvalue weighted by atomic mass is 10.1. The van der Waals surface area contributed by atoms with E-state index < -0.39 is 0 Å². The van der Waals surface area contributed by atoms with Gasteiger partial charge in [0.05, 0.1) is 12.2 Å². The predicted molar refractivity (Wildman–Crippen MR) is 124 cm³/mol. The highest BCUT2D eigenvalue weighted by Crippen LogP contribution is 2.50. The summed E-state index contributed by atoms with van der Waals surface area (Å²) in [6, 6.07) is 8.28. The summed E-state index contributed by atoms with van der Waals surface area (Å²) >= 11 is 8.40. The number of fused-ring (bicyclic) bond motifs is 1. The summed E-state index contributed by atoms with van der Waals surface area (Å²) in [6.45, 7) is 3.94. The number of carbonyl (C=O) groups excluding carboxylic acids is 2. The molecule has 1 saturated heterocycles. The van der Waals surface area contributed by atoms with Crippen molar-refractivity contribution in [1.29, 1.82) is 0 Å². The lowest BCUT2D eigenvalue weighted by Gasteiger charge is -2.21. The largest absolute Gasteiger partial charge is 0.466 e. The monoisotopic (exact) mass is 450 g/mol. The van der Waals surface area contributed by atoms with Crippen LogP contribution < -0.4 is 4.90 Å². The van der Waals surface area contributed by atoms with Gasteiger partial charge in [-0.1, -0.05) is 86.9 Å². The number of hydrogen-bond donors (Lipinski definition) is 0. The van der Waals surface area contributed by atoms with Crippen molar-refractivity contribution in [3.63, 3.8) is 0 Å². The van der Waals surface area contributed by atoms with Gasteiger partial charge in [0, 0.05) is 11.4 Å². The molecule has 5 nitrogen and oxygen atoms in total. The summed E-state index contributed by atoms with van der Waals surface area (Å²) < 4.78 is 5.26. The molecule has 1 amide bonds.